The van der Waals surface area contributed by atoms with Gasteiger partial charge in [-0.25, -0.2) is 4.79 Å². The van der Waals surface area contributed by atoms with Crippen LogP contribution in [-0.4, -0.2) is 44.8 Å². The Balaban J connectivity index is 3.20. The summed E-state index contributed by atoms with van der Waals surface area (Å²) in [5, 5.41) is 14.3. The topological polar surface area (TPSA) is 67.8 Å². The molecule has 27 heavy (non-hydrogen) atoms. The summed E-state index contributed by atoms with van der Waals surface area (Å²) >= 11 is 0. The first-order valence-corrected chi connectivity index (χ1v) is 12.5. The maximum absolute atomic E-state index is 12.9. The van der Waals surface area contributed by atoms with E-state index in [-0.39, 0.29) is 17.6 Å². The first-order chi connectivity index (χ1) is 12.4. The third-order valence-electron chi connectivity index (χ3n) is 5.60. The number of rotatable bonds is 9. The van der Waals surface area contributed by atoms with E-state index in [1.54, 1.807) is 0 Å². The summed E-state index contributed by atoms with van der Waals surface area (Å²) in [6.45, 7) is 15.0. The number of ether oxygens (including phenoxy) is 1. The van der Waals surface area contributed by atoms with Crippen LogP contribution >= 0.6 is 0 Å². The number of esters is 1. The van der Waals surface area contributed by atoms with Crippen molar-refractivity contribution < 1.29 is 19.1 Å². The van der Waals surface area contributed by atoms with Crippen molar-refractivity contribution in [1.29, 1.82) is 0 Å². The van der Waals surface area contributed by atoms with E-state index in [0.29, 0.717) is 6.54 Å². The number of benzene rings is 1. The van der Waals surface area contributed by atoms with E-state index >= 15 is 0 Å². The van der Waals surface area contributed by atoms with E-state index in [4.69, 9.17) is 9.16 Å². The van der Waals surface area contributed by atoms with Gasteiger partial charge < -0.3 is 14.3 Å². The first kappa shape index (κ1) is 23.8. The Bertz CT molecular complexity index is 598. The highest BCUT2D eigenvalue weighted by Gasteiger charge is 2.50. The molecule has 0 radical (unpaired) electrons. The maximum atomic E-state index is 12.9. The lowest BCUT2D eigenvalue weighted by atomic mass is 9.85. The molecular formula is C21H37NO4Si. The molecule has 5 nitrogen and oxygen atoms in total. The van der Waals surface area contributed by atoms with E-state index in [1.165, 1.54) is 7.11 Å². The standard InChI is InChI=1S/C21H37NO4Si/c1-16(2)18(23)21(19(24)25-6,15-26-27(7,8)20(3,4)5)22-14-17-12-10-9-11-13-17/h9-13,16,18,22-23H,14-15H2,1-8H3/t18-,21+/m0/s1. The van der Waals surface area contributed by atoms with Crippen molar-refractivity contribution in [3.8, 4) is 0 Å². The van der Waals surface area contributed by atoms with Crippen molar-refractivity contribution in [1.82, 2.24) is 5.32 Å². The number of methoxy groups -OCH3 is 1. The average molecular weight is 396 g/mol. The molecule has 0 bridgehead atoms. The van der Waals surface area contributed by atoms with Gasteiger partial charge in [-0.15, -0.1) is 0 Å². The molecule has 6 heteroatoms. The summed E-state index contributed by atoms with van der Waals surface area (Å²) in [7, 11) is -0.773. The number of nitrogens with one attached hydrogen (secondary N) is 1. The van der Waals surface area contributed by atoms with Crippen molar-refractivity contribution in [2.24, 2.45) is 5.92 Å². The zero-order valence-electron chi connectivity index (χ0n) is 18.1. The molecule has 1 aromatic carbocycles. The van der Waals surface area contributed by atoms with Gasteiger partial charge in [0.2, 0.25) is 0 Å². The third-order valence-corrected chi connectivity index (χ3v) is 10.1. The van der Waals surface area contributed by atoms with Crippen LogP contribution in [-0.2, 0) is 20.5 Å². The Hall–Kier alpha value is -1.21. The minimum absolute atomic E-state index is 0.00290. The van der Waals surface area contributed by atoms with Gasteiger partial charge in [0.1, 0.15) is 0 Å². The van der Waals surface area contributed by atoms with Crippen LogP contribution in [0.3, 0.4) is 0 Å². The average Bonchev–Trinajstić information content (AvgIpc) is 2.60. The van der Waals surface area contributed by atoms with E-state index < -0.39 is 25.9 Å². The highest BCUT2D eigenvalue weighted by molar-refractivity contribution is 6.74. The number of aliphatic hydroxyl groups is 1. The van der Waals surface area contributed by atoms with Gasteiger partial charge in [-0.1, -0.05) is 65.0 Å². The van der Waals surface area contributed by atoms with E-state index in [9.17, 15) is 9.90 Å². The van der Waals surface area contributed by atoms with Gasteiger partial charge in [0.05, 0.1) is 19.8 Å². The van der Waals surface area contributed by atoms with Gasteiger partial charge >= 0.3 is 5.97 Å². The molecule has 2 atom stereocenters. The molecule has 0 fully saturated rings. The van der Waals surface area contributed by atoms with Crippen molar-refractivity contribution in [3.05, 3.63) is 35.9 Å². The van der Waals surface area contributed by atoms with Crippen LogP contribution in [0.25, 0.3) is 0 Å². The molecule has 0 unspecified atom stereocenters. The second kappa shape index (κ2) is 9.32. The van der Waals surface area contributed by atoms with Gasteiger partial charge in [-0.3, -0.25) is 5.32 Å². The smallest absolute Gasteiger partial charge is 0.331 e. The summed E-state index contributed by atoms with van der Waals surface area (Å²) in [5.41, 5.74) is -0.303. The zero-order chi connectivity index (χ0) is 20.9. The quantitative estimate of drug-likeness (QED) is 0.493. The molecule has 1 aromatic rings. The van der Waals surface area contributed by atoms with Crippen molar-refractivity contribution >= 4 is 14.3 Å². The summed E-state index contributed by atoms with van der Waals surface area (Å²) in [4.78, 5) is 12.9. The third kappa shape index (κ3) is 5.88. The van der Waals surface area contributed by atoms with E-state index in [1.807, 2.05) is 44.2 Å². The molecule has 0 aliphatic rings. The van der Waals surface area contributed by atoms with Gasteiger partial charge in [0.15, 0.2) is 13.9 Å². The number of carbonyl (C=O) groups excluding carboxylic acids is 1. The lowest BCUT2D eigenvalue weighted by molar-refractivity contribution is -0.158. The predicted octanol–water partition coefficient (Wildman–Crippen LogP) is 3.73. The SMILES string of the molecule is COC(=O)[C@](CO[Si](C)(C)C(C)(C)C)(NCc1ccccc1)[C@@H](O)C(C)C. The van der Waals surface area contributed by atoms with Gasteiger partial charge in [-0.05, 0) is 29.6 Å². The highest BCUT2D eigenvalue weighted by atomic mass is 28.4. The fourth-order valence-corrected chi connectivity index (χ4v) is 3.63. The summed E-state index contributed by atoms with van der Waals surface area (Å²) in [6.07, 6.45) is -0.946. The Morgan fingerprint density at radius 3 is 2.19 bits per heavy atom. The normalized spacial score (nSPS) is 16.1. The zero-order valence-corrected chi connectivity index (χ0v) is 19.1. The second-order valence-electron chi connectivity index (χ2n) is 9.04. The van der Waals surface area contributed by atoms with Gasteiger partial charge in [0, 0.05) is 6.54 Å². The molecule has 0 amide bonds. The Labute approximate surface area is 165 Å². The predicted molar refractivity (Wildman–Crippen MR) is 112 cm³/mol. The molecule has 0 saturated carbocycles. The number of aliphatic hydroxyl groups excluding tert-OH is 1. The highest BCUT2D eigenvalue weighted by Crippen LogP contribution is 2.37. The number of hydrogen-bond donors (Lipinski definition) is 2. The first-order valence-electron chi connectivity index (χ1n) is 9.57. The second-order valence-corrected chi connectivity index (χ2v) is 13.8. The maximum Gasteiger partial charge on any atom is 0.331 e. The molecule has 0 aliphatic heterocycles. The lowest BCUT2D eigenvalue weighted by Gasteiger charge is -2.43. The van der Waals surface area contributed by atoms with Crippen molar-refractivity contribution in [2.75, 3.05) is 13.7 Å². The fourth-order valence-electron chi connectivity index (χ4n) is 2.61. The van der Waals surface area contributed by atoms with Crippen molar-refractivity contribution in [3.63, 3.8) is 0 Å². The van der Waals surface area contributed by atoms with Crippen LogP contribution in [0.2, 0.25) is 18.1 Å². The largest absolute Gasteiger partial charge is 0.467 e. The van der Waals surface area contributed by atoms with Crippen LogP contribution in [0.5, 0.6) is 0 Å². The van der Waals surface area contributed by atoms with Crippen LogP contribution in [0.15, 0.2) is 30.3 Å². The number of hydrogen-bond acceptors (Lipinski definition) is 5. The van der Waals surface area contributed by atoms with Crippen LogP contribution in [0, 0.1) is 5.92 Å². The Morgan fingerprint density at radius 2 is 1.74 bits per heavy atom. The molecule has 2 N–H and O–H groups in total. The van der Waals surface area contributed by atoms with Gasteiger partial charge in [-0.2, -0.15) is 0 Å². The molecule has 0 heterocycles. The fraction of sp³-hybridized carbons (Fsp3) is 0.667. The lowest BCUT2D eigenvalue weighted by Crippen LogP contribution is -2.66. The Morgan fingerprint density at radius 1 is 1.19 bits per heavy atom. The van der Waals surface area contributed by atoms with E-state index in [2.05, 4.69) is 39.2 Å². The summed E-state index contributed by atoms with van der Waals surface area (Å²) < 4.78 is 11.5. The minimum atomic E-state index is -2.12. The molecule has 0 spiro atoms. The van der Waals surface area contributed by atoms with Crippen LogP contribution in [0.4, 0.5) is 0 Å². The van der Waals surface area contributed by atoms with Crippen LogP contribution in [0.1, 0.15) is 40.2 Å². The van der Waals surface area contributed by atoms with Crippen LogP contribution < -0.4 is 5.32 Å². The molecule has 0 saturated heterocycles. The molecular weight excluding hydrogens is 358 g/mol. The van der Waals surface area contributed by atoms with E-state index in [0.717, 1.165) is 5.56 Å². The monoisotopic (exact) mass is 395 g/mol. The molecule has 0 aliphatic carbocycles. The van der Waals surface area contributed by atoms with Gasteiger partial charge in [0.25, 0.3) is 0 Å². The summed E-state index contributed by atoms with van der Waals surface area (Å²) in [5.74, 6) is -0.645. The minimum Gasteiger partial charge on any atom is -0.467 e. The number of carbonyl (C=O) groups is 1. The summed E-state index contributed by atoms with van der Waals surface area (Å²) in [6, 6.07) is 9.79. The Kier molecular flexibility index (Phi) is 8.23. The molecule has 0 aromatic heterocycles. The molecule has 154 valence electrons. The van der Waals surface area contributed by atoms with Crippen molar-refractivity contribution in [2.45, 2.75) is 70.9 Å². The molecule has 1 rings (SSSR count).